The maximum absolute atomic E-state index is 12.3. The summed E-state index contributed by atoms with van der Waals surface area (Å²) in [5.74, 6) is -4.49. The Morgan fingerprint density at radius 3 is 1.49 bits per heavy atom. The van der Waals surface area contributed by atoms with E-state index < -0.39 is 46.5 Å². The molecule has 0 aliphatic carbocycles. The molecule has 2 atom stereocenters. The summed E-state index contributed by atoms with van der Waals surface area (Å²) in [7, 11) is 0. The Bertz CT molecular complexity index is 1490. The Morgan fingerprint density at radius 1 is 0.744 bits per heavy atom. The van der Waals surface area contributed by atoms with E-state index >= 15 is 0 Å². The van der Waals surface area contributed by atoms with Gasteiger partial charge >= 0.3 is 59.1 Å². The zero-order valence-corrected chi connectivity index (χ0v) is 24.9. The molecule has 0 saturated carbocycles. The van der Waals surface area contributed by atoms with E-state index in [2.05, 4.69) is 0 Å². The fraction of sp³-hybridized carbons (Fsp3) is 0.200. The van der Waals surface area contributed by atoms with Crippen LogP contribution in [0.2, 0.25) is 0 Å². The van der Waals surface area contributed by atoms with Gasteiger partial charge in [0, 0.05) is 18.6 Å². The van der Waals surface area contributed by atoms with Gasteiger partial charge in [-0.25, -0.2) is 0 Å². The minimum absolute atomic E-state index is 0. The smallest absolute Gasteiger partial charge is 0.542 e. The number of aliphatic hydroxyl groups excluding tert-OH is 2. The molecule has 0 fully saturated rings. The summed E-state index contributed by atoms with van der Waals surface area (Å²) < 4.78 is 21.2. The molecule has 0 bridgehead atoms. The maximum Gasteiger partial charge on any atom is 1.00 e. The zero-order chi connectivity index (χ0) is 26.7. The molecular weight excluding hydrogens is 538 g/mol. The molecule has 12 nitrogen and oxygen atoms in total. The quantitative estimate of drug-likeness (QED) is 0.175. The topological polar surface area (TPSA) is 200 Å². The van der Waals surface area contributed by atoms with Crippen LogP contribution in [0, 0.1) is 0 Å². The van der Waals surface area contributed by atoms with Crippen LogP contribution in [0.1, 0.15) is 27.5 Å². The number of rotatable bonds is 10. The van der Waals surface area contributed by atoms with Crippen molar-refractivity contribution in [1.82, 2.24) is 0 Å². The Morgan fingerprint density at radius 2 is 1.13 bits per heavy atom. The van der Waals surface area contributed by atoms with E-state index in [4.69, 9.17) is 18.3 Å². The van der Waals surface area contributed by atoms with Crippen molar-refractivity contribution in [2.24, 2.45) is 0 Å². The zero-order valence-electron chi connectivity index (χ0n) is 20.9. The molecule has 2 heterocycles. The van der Waals surface area contributed by atoms with Crippen molar-refractivity contribution in [3.63, 3.8) is 0 Å². The number of hydrogen-bond donors (Lipinski definition) is 2. The van der Waals surface area contributed by atoms with Crippen molar-refractivity contribution >= 4 is 33.9 Å². The molecule has 0 unspecified atom stereocenters. The average Bonchev–Trinajstić information content (AvgIpc) is 2.85. The van der Waals surface area contributed by atoms with Gasteiger partial charge in [0.15, 0.2) is 22.4 Å². The Labute approximate surface area is 263 Å². The summed E-state index contributed by atoms with van der Waals surface area (Å²) in [6, 6.07) is 10.1. The third kappa shape index (κ3) is 7.71. The summed E-state index contributed by atoms with van der Waals surface area (Å²) in [5.41, 5.74) is -1.44. The predicted octanol–water partition coefficient (Wildman–Crippen LogP) is -6.80. The van der Waals surface area contributed by atoms with E-state index in [1.165, 1.54) is 36.4 Å². The second-order valence-electron chi connectivity index (χ2n) is 7.95. The van der Waals surface area contributed by atoms with E-state index in [1.807, 2.05) is 0 Å². The van der Waals surface area contributed by atoms with Gasteiger partial charge in [-0.1, -0.05) is 12.1 Å². The number of aromatic carboxylic acids is 2. The first-order valence-electron chi connectivity index (χ1n) is 10.8. The Hall–Kier alpha value is -2.68. The second kappa shape index (κ2) is 14.1. The number of carboxylic acids is 2. The molecular formula is C25H18Na2O12. The van der Waals surface area contributed by atoms with Gasteiger partial charge in [0.25, 0.3) is 0 Å². The number of carbonyl (C=O) groups is 2. The molecule has 192 valence electrons. The largest absolute Gasteiger partial charge is 1.00 e. The molecule has 2 aromatic heterocycles. The van der Waals surface area contributed by atoms with Gasteiger partial charge in [0.2, 0.25) is 0 Å². The van der Waals surface area contributed by atoms with Crippen molar-refractivity contribution < 1.29 is 107 Å². The van der Waals surface area contributed by atoms with Gasteiger partial charge in [-0.2, -0.15) is 0 Å². The first kappa shape index (κ1) is 32.5. The summed E-state index contributed by atoms with van der Waals surface area (Å²) >= 11 is 0. The number of carboxylic acid groups (broad SMARTS) is 2. The van der Waals surface area contributed by atoms with E-state index in [9.17, 15) is 39.6 Å². The third-order valence-electron chi connectivity index (χ3n) is 5.24. The van der Waals surface area contributed by atoms with Gasteiger partial charge in [-0.05, 0) is 24.3 Å². The van der Waals surface area contributed by atoms with Crippen molar-refractivity contribution in [3.8, 4) is 11.5 Å². The summed E-state index contributed by atoms with van der Waals surface area (Å²) in [5, 5.41) is 42.5. The molecule has 0 aliphatic rings. The number of fused-ring (bicyclic) bond motifs is 2. The molecule has 39 heavy (non-hydrogen) atoms. The minimum atomic E-state index is -1.65. The molecule has 14 heteroatoms. The van der Waals surface area contributed by atoms with Crippen LogP contribution in [0.15, 0.2) is 67.0 Å². The van der Waals surface area contributed by atoms with E-state index in [1.54, 1.807) is 0 Å². The second-order valence-corrected chi connectivity index (χ2v) is 7.95. The van der Waals surface area contributed by atoms with Crippen LogP contribution >= 0.6 is 0 Å². The first-order chi connectivity index (χ1) is 17.6. The van der Waals surface area contributed by atoms with Crippen LogP contribution in [-0.2, 0) is 0 Å². The normalized spacial score (nSPS) is 12.2. The number of ether oxygens (including phenoxy) is 2. The fourth-order valence-electron chi connectivity index (χ4n) is 3.62. The first-order valence-corrected chi connectivity index (χ1v) is 10.8. The molecule has 4 rings (SSSR count). The van der Waals surface area contributed by atoms with Crippen LogP contribution in [0.5, 0.6) is 11.5 Å². The molecule has 0 aliphatic heterocycles. The SMILES string of the molecule is O=C([O-])c1cc(=O)c2c(OC[C@@H](O)C[C@H](O)COc3cccc4oc(C(=O)[O-])cc(=O)c34)cccc2o1.[Na+].[Na+]. The molecule has 4 aromatic rings. The number of aliphatic hydroxyl groups is 2. The molecule has 0 spiro atoms. The molecule has 2 N–H and O–H groups in total. The average molecular weight is 556 g/mol. The van der Waals surface area contributed by atoms with Crippen molar-refractivity contribution in [2.75, 3.05) is 13.2 Å². The van der Waals surface area contributed by atoms with E-state index in [0.29, 0.717) is 0 Å². The van der Waals surface area contributed by atoms with Gasteiger partial charge in [0.1, 0.15) is 58.6 Å². The van der Waals surface area contributed by atoms with Gasteiger partial charge in [0.05, 0.1) is 12.2 Å². The molecule has 0 amide bonds. The third-order valence-corrected chi connectivity index (χ3v) is 5.24. The molecule has 2 aromatic carbocycles. The predicted molar refractivity (Wildman–Crippen MR) is 121 cm³/mol. The Kier molecular flexibility index (Phi) is 11.8. The van der Waals surface area contributed by atoms with E-state index in [-0.39, 0.29) is 112 Å². The van der Waals surface area contributed by atoms with Gasteiger partial charge < -0.3 is 48.3 Å². The minimum Gasteiger partial charge on any atom is -0.542 e. The monoisotopic (exact) mass is 556 g/mol. The summed E-state index contributed by atoms with van der Waals surface area (Å²) in [6.07, 6.45) is -2.61. The van der Waals surface area contributed by atoms with E-state index in [0.717, 1.165) is 12.1 Å². The van der Waals surface area contributed by atoms with Gasteiger partial charge in [-0.3, -0.25) is 9.59 Å². The molecule has 0 saturated heterocycles. The number of benzene rings is 2. The fourth-order valence-corrected chi connectivity index (χ4v) is 3.62. The number of hydrogen-bond acceptors (Lipinski definition) is 12. The van der Waals surface area contributed by atoms with Crippen LogP contribution in [-0.4, -0.2) is 47.6 Å². The summed E-state index contributed by atoms with van der Waals surface area (Å²) in [4.78, 5) is 46.6. The van der Waals surface area contributed by atoms with Crippen LogP contribution in [0.3, 0.4) is 0 Å². The van der Waals surface area contributed by atoms with Crippen molar-refractivity contribution in [3.05, 3.63) is 80.5 Å². The van der Waals surface area contributed by atoms with Crippen LogP contribution in [0.4, 0.5) is 0 Å². The standard InChI is InChI=1S/C25H20O12.2Na/c26-12(10-34-16-3-1-5-18-22(16)14(28)8-20(36-18)24(30)31)7-13(27)11-35-17-4-2-6-19-23(17)15(29)9-21(37-19)25(32)33;;/h1-6,8-9,12-13,26-27H,7,10-11H2,(H,30,31)(H,32,33);;/q;2*+1/p-2/t12-,13-;;/m0../s1. The van der Waals surface area contributed by atoms with Crippen LogP contribution in [0.25, 0.3) is 21.9 Å². The van der Waals surface area contributed by atoms with Crippen molar-refractivity contribution in [1.29, 1.82) is 0 Å². The van der Waals surface area contributed by atoms with Crippen LogP contribution < -0.4 is 89.7 Å². The summed E-state index contributed by atoms with van der Waals surface area (Å²) in [6.45, 7) is -0.663. The number of carbonyl (C=O) groups excluding carboxylic acids is 2. The van der Waals surface area contributed by atoms with Gasteiger partial charge in [-0.15, -0.1) is 0 Å². The molecule has 0 radical (unpaired) electrons. The Balaban J connectivity index is 0.00000267. The maximum atomic E-state index is 12.3. The van der Waals surface area contributed by atoms with Crippen molar-refractivity contribution in [2.45, 2.75) is 18.6 Å².